The maximum Gasteiger partial charge on any atom is 0.410 e. The van der Waals surface area contributed by atoms with Crippen molar-refractivity contribution in [3.63, 3.8) is 0 Å². The maximum absolute atomic E-state index is 12.4. The normalized spacial score (nSPS) is 22.1. The van der Waals surface area contributed by atoms with Gasteiger partial charge in [0, 0.05) is 0 Å². The maximum atomic E-state index is 12.4. The molecule has 2 atom stereocenters. The molecule has 0 bridgehead atoms. The van der Waals surface area contributed by atoms with Crippen LogP contribution in [0.5, 0.6) is 5.75 Å². The van der Waals surface area contributed by atoms with Gasteiger partial charge in [0.15, 0.2) is 0 Å². The molecule has 0 N–H and O–H groups in total. The molecule has 0 aliphatic carbocycles. The molecule has 6 heteroatoms. The molecule has 1 aliphatic rings. The first kappa shape index (κ1) is 15.9. The van der Waals surface area contributed by atoms with E-state index in [0.29, 0.717) is 23.1 Å². The van der Waals surface area contributed by atoms with Crippen LogP contribution in [-0.4, -0.2) is 34.2 Å². The Bertz CT molecular complexity index is 542. The summed E-state index contributed by atoms with van der Waals surface area (Å²) in [5.74, 6) is 0.658. The zero-order chi connectivity index (χ0) is 15.8. The zero-order valence-electron chi connectivity index (χ0n) is 13.0. The van der Waals surface area contributed by atoms with Crippen LogP contribution in [0.4, 0.5) is 4.79 Å². The third-order valence-electron chi connectivity index (χ3n) is 3.13. The molecule has 0 unspecified atom stereocenters. The lowest BCUT2D eigenvalue weighted by molar-refractivity contribution is 0.0125. The van der Waals surface area contributed by atoms with Gasteiger partial charge >= 0.3 is 6.09 Å². The summed E-state index contributed by atoms with van der Waals surface area (Å²) < 4.78 is 11.3. The lowest BCUT2D eigenvalue weighted by Gasteiger charge is -2.30. The number of pyridine rings is 1. The zero-order valence-corrected chi connectivity index (χ0v) is 13.8. The van der Waals surface area contributed by atoms with Crippen LogP contribution < -0.4 is 4.74 Å². The Morgan fingerprint density at radius 2 is 2.10 bits per heavy atom. The van der Waals surface area contributed by atoms with Gasteiger partial charge in [-0.2, -0.15) is 0 Å². The van der Waals surface area contributed by atoms with E-state index in [0.717, 1.165) is 0 Å². The average Bonchev–Trinajstić information content (AvgIpc) is 2.46. The van der Waals surface area contributed by atoms with Crippen molar-refractivity contribution >= 4 is 17.7 Å². The number of fused-ring (bicyclic) bond motifs is 1. The number of hydrogen-bond acceptors (Lipinski definition) is 4. The Morgan fingerprint density at radius 1 is 1.43 bits per heavy atom. The molecule has 0 spiro atoms. The molecule has 0 saturated heterocycles. The van der Waals surface area contributed by atoms with Crippen LogP contribution in [0.2, 0.25) is 5.15 Å². The van der Waals surface area contributed by atoms with E-state index in [2.05, 4.69) is 4.98 Å². The lowest BCUT2D eigenvalue weighted by Crippen LogP contribution is -2.41. The van der Waals surface area contributed by atoms with Crippen molar-refractivity contribution in [3.8, 4) is 5.75 Å². The minimum Gasteiger partial charge on any atom is -0.487 e. The van der Waals surface area contributed by atoms with E-state index < -0.39 is 5.60 Å². The fraction of sp³-hybridized carbons (Fsp3) is 0.600. The predicted molar refractivity (Wildman–Crippen MR) is 80.7 cm³/mol. The Balaban J connectivity index is 2.33. The van der Waals surface area contributed by atoms with E-state index >= 15 is 0 Å². The highest BCUT2D eigenvalue weighted by atomic mass is 35.5. The predicted octanol–water partition coefficient (Wildman–Crippen LogP) is 3.81. The smallest absolute Gasteiger partial charge is 0.410 e. The number of rotatable bonds is 0. The van der Waals surface area contributed by atoms with Gasteiger partial charge in [0.25, 0.3) is 0 Å². The monoisotopic (exact) mass is 312 g/mol. The molecule has 0 saturated carbocycles. The number of carbonyl (C=O) groups excluding carboxylic acids is 1. The van der Waals surface area contributed by atoms with E-state index in [1.54, 1.807) is 17.0 Å². The average molecular weight is 313 g/mol. The number of amides is 1. The third-order valence-corrected chi connectivity index (χ3v) is 3.34. The van der Waals surface area contributed by atoms with Gasteiger partial charge < -0.3 is 9.47 Å². The van der Waals surface area contributed by atoms with Gasteiger partial charge in [0.2, 0.25) is 0 Å². The molecular weight excluding hydrogens is 292 g/mol. The number of halogens is 1. The Morgan fingerprint density at radius 3 is 2.71 bits per heavy atom. The van der Waals surface area contributed by atoms with E-state index in [1.807, 2.05) is 34.6 Å². The van der Waals surface area contributed by atoms with Crippen LogP contribution in [0.15, 0.2) is 12.1 Å². The molecule has 1 aromatic rings. The highest BCUT2D eigenvalue weighted by Gasteiger charge is 2.33. The first-order chi connectivity index (χ1) is 9.67. The second-order valence-electron chi connectivity index (χ2n) is 6.25. The van der Waals surface area contributed by atoms with Crippen LogP contribution >= 0.6 is 11.6 Å². The molecule has 1 aromatic heterocycles. The van der Waals surface area contributed by atoms with Gasteiger partial charge in [-0.1, -0.05) is 11.6 Å². The lowest BCUT2D eigenvalue weighted by atomic mass is 10.1. The van der Waals surface area contributed by atoms with Gasteiger partial charge in [-0.05, 0) is 46.8 Å². The molecule has 0 fully saturated rings. The quantitative estimate of drug-likeness (QED) is 0.683. The number of aromatic nitrogens is 1. The van der Waals surface area contributed by atoms with Crippen molar-refractivity contribution in [1.29, 1.82) is 0 Å². The summed E-state index contributed by atoms with van der Waals surface area (Å²) in [6.07, 6.45) is -0.524. The molecule has 2 rings (SSSR count). The third kappa shape index (κ3) is 3.79. The number of nitrogens with zero attached hydrogens (tertiary/aromatic N) is 2. The molecular formula is C15H21ClN2O3. The largest absolute Gasteiger partial charge is 0.487 e. The van der Waals surface area contributed by atoms with Gasteiger partial charge in [-0.3, -0.25) is 4.90 Å². The van der Waals surface area contributed by atoms with Crippen molar-refractivity contribution in [3.05, 3.63) is 23.0 Å². The van der Waals surface area contributed by atoms with Crippen molar-refractivity contribution in [2.24, 2.45) is 0 Å². The Kier molecular flexibility index (Phi) is 4.33. The van der Waals surface area contributed by atoms with E-state index in [9.17, 15) is 4.79 Å². The first-order valence-electron chi connectivity index (χ1n) is 7.00. The van der Waals surface area contributed by atoms with Crippen molar-refractivity contribution in [1.82, 2.24) is 9.88 Å². The minimum atomic E-state index is -0.544. The van der Waals surface area contributed by atoms with Crippen molar-refractivity contribution in [2.75, 3.05) is 6.54 Å². The SMILES string of the molecule is C[C@@H]1CN(C(=O)OC(C)(C)C)[C@@H](C)c2nc(Cl)ccc2O1. The Hall–Kier alpha value is -1.49. The fourth-order valence-electron chi connectivity index (χ4n) is 2.23. The van der Waals surface area contributed by atoms with Crippen LogP contribution in [0.3, 0.4) is 0 Å². The molecule has 1 amide bonds. The highest BCUT2D eigenvalue weighted by molar-refractivity contribution is 6.29. The molecule has 1 aliphatic heterocycles. The molecule has 5 nitrogen and oxygen atoms in total. The van der Waals surface area contributed by atoms with Gasteiger partial charge in [0.1, 0.15) is 28.3 Å². The van der Waals surface area contributed by atoms with Gasteiger partial charge in [-0.25, -0.2) is 9.78 Å². The summed E-state index contributed by atoms with van der Waals surface area (Å²) in [4.78, 5) is 18.3. The van der Waals surface area contributed by atoms with Crippen LogP contribution in [0, 0.1) is 0 Å². The highest BCUT2D eigenvalue weighted by Crippen LogP contribution is 2.33. The minimum absolute atomic E-state index is 0.149. The topological polar surface area (TPSA) is 51.7 Å². The van der Waals surface area contributed by atoms with Gasteiger partial charge in [-0.15, -0.1) is 0 Å². The van der Waals surface area contributed by atoms with Crippen molar-refractivity contribution in [2.45, 2.75) is 52.4 Å². The van der Waals surface area contributed by atoms with Crippen molar-refractivity contribution < 1.29 is 14.3 Å². The molecule has 0 aromatic carbocycles. The standard InChI is InChI=1S/C15H21ClN2O3/c1-9-8-18(14(19)21-15(3,4)5)10(2)13-11(20-9)6-7-12(16)17-13/h6-7,9-10H,8H2,1-5H3/t9-,10+/m1/s1. The second kappa shape index (κ2) is 5.72. The molecule has 0 radical (unpaired) electrons. The van der Waals surface area contributed by atoms with E-state index in [1.165, 1.54) is 0 Å². The van der Waals surface area contributed by atoms with Crippen LogP contribution in [-0.2, 0) is 4.74 Å². The summed E-state index contributed by atoms with van der Waals surface area (Å²) in [5.41, 5.74) is 0.107. The van der Waals surface area contributed by atoms with Gasteiger partial charge in [0.05, 0.1) is 12.6 Å². The van der Waals surface area contributed by atoms with E-state index in [-0.39, 0.29) is 18.2 Å². The molecule has 2 heterocycles. The summed E-state index contributed by atoms with van der Waals surface area (Å²) in [6.45, 7) is 9.77. The number of hydrogen-bond donors (Lipinski definition) is 0. The molecule has 21 heavy (non-hydrogen) atoms. The summed E-state index contributed by atoms with van der Waals surface area (Å²) >= 11 is 5.96. The molecule has 116 valence electrons. The summed E-state index contributed by atoms with van der Waals surface area (Å²) in [5, 5.41) is 0.378. The summed E-state index contributed by atoms with van der Waals surface area (Å²) in [6, 6.07) is 3.21. The Labute approximate surface area is 130 Å². The fourth-order valence-corrected chi connectivity index (χ4v) is 2.38. The number of ether oxygens (including phenoxy) is 2. The summed E-state index contributed by atoms with van der Waals surface area (Å²) in [7, 11) is 0. The van der Waals surface area contributed by atoms with E-state index in [4.69, 9.17) is 21.1 Å². The number of carbonyl (C=O) groups is 1. The van der Waals surface area contributed by atoms with Crippen LogP contribution in [0.1, 0.15) is 46.4 Å². The second-order valence-corrected chi connectivity index (χ2v) is 6.64. The van der Waals surface area contributed by atoms with Crippen LogP contribution in [0.25, 0.3) is 0 Å². The first-order valence-corrected chi connectivity index (χ1v) is 7.38.